The molecule has 1 aliphatic rings. The summed E-state index contributed by atoms with van der Waals surface area (Å²) in [4.78, 5) is 4.41. The predicted molar refractivity (Wildman–Crippen MR) is 76.3 cm³/mol. The molecule has 0 saturated heterocycles. The van der Waals surface area contributed by atoms with Gasteiger partial charge in [-0.25, -0.2) is 4.98 Å². The molecule has 102 valence electrons. The second-order valence-corrected chi connectivity index (χ2v) is 5.34. The molecule has 2 N–H and O–H groups in total. The lowest BCUT2D eigenvalue weighted by molar-refractivity contribution is 0.930. The number of H-pyrrole nitrogens is 1. The van der Waals surface area contributed by atoms with Crippen LogP contribution in [0.25, 0.3) is 0 Å². The van der Waals surface area contributed by atoms with Crippen molar-refractivity contribution in [2.24, 2.45) is 0 Å². The minimum Gasteiger partial charge on any atom is -0.364 e. The Bertz CT molecular complexity index is 653. The molecule has 2 aromatic rings. The summed E-state index contributed by atoms with van der Waals surface area (Å²) in [5.74, 6) is 1.46. The van der Waals surface area contributed by atoms with Crippen molar-refractivity contribution in [2.45, 2.75) is 39.2 Å². The number of aryl methyl sites for hydroxylation is 2. The molecule has 1 aliphatic carbocycles. The number of anilines is 1. The van der Waals surface area contributed by atoms with E-state index in [0.717, 1.165) is 22.8 Å². The molecule has 5 heteroatoms. The second kappa shape index (κ2) is 4.97. The third kappa shape index (κ3) is 2.50. The van der Waals surface area contributed by atoms with Crippen molar-refractivity contribution in [3.63, 3.8) is 0 Å². The molecule has 0 aromatic carbocycles. The number of nitrogens with one attached hydrogen (secondary N) is 2. The van der Waals surface area contributed by atoms with E-state index in [2.05, 4.69) is 32.6 Å². The fourth-order valence-electron chi connectivity index (χ4n) is 2.34. The zero-order valence-corrected chi connectivity index (χ0v) is 11.7. The van der Waals surface area contributed by atoms with Crippen molar-refractivity contribution in [3.05, 3.63) is 40.3 Å². The molecular formula is C15H17N5. The van der Waals surface area contributed by atoms with Crippen molar-refractivity contribution in [2.75, 3.05) is 5.32 Å². The van der Waals surface area contributed by atoms with Crippen molar-refractivity contribution in [3.8, 4) is 6.07 Å². The van der Waals surface area contributed by atoms with Crippen molar-refractivity contribution in [1.82, 2.24) is 15.2 Å². The van der Waals surface area contributed by atoms with Crippen LogP contribution in [0.15, 0.2) is 12.1 Å². The minimum atomic E-state index is 0.660. The molecule has 0 radical (unpaired) electrons. The molecule has 1 fully saturated rings. The van der Waals surface area contributed by atoms with Gasteiger partial charge in [0, 0.05) is 5.92 Å². The standard InChI is InChI=1S/C15H17N5/c1-9-5-15(18-10(2)13(9)7-16)17-8-12-6-14(20-19-12)11-3-4-11/h5-6,11H,3-4,8H2,1-2H3,(H,17,18)(H,19,20). The lowest BCUT2D eigenvalue weighted by Gasteiger charge is -2.08. The quantitative estimate of drug-likeness (QED) is 0.893. The minimum absolute atomic E-state index is 0.660. The van der Waals surface area contributed by atoms with Crippen LogP contribution < -0.4 is 5.32 Å². The van der Waals surface area contributed by atoms with Gasteiger partial charge in [0.05, 0.1) is 29.2 Å². The first-order valence-electron chi connectivity index (χ1n) is 6.84. The molecule has 0 atom stereocenters. The Kier molecular flexibility index (Phi) is 3.15. The van der Waals surface area contributed by atoms with Gasteiger partial charge < -0.3 is 5.32 Å². The highest BCUT2D eigenvalue weighted by Crippen LogP contribution is 2.39. The highest BCUT2D eigenvalue weighted by molar-refractivity contribution is 5.48. The molecule has 20 heavy (non-hydrogen) atoms. The zero-order valence-electron chi connectivity index (χ0n) is 11.7. The van der Waals surface area contributed by atoms with Crippen LogP contribution in [0.3, 0.4) is 0 Å². The highest BCUT2D eigenvalue weighted by Gasteiger charge is 2.25. The van der Waals surface area contributed by atoms with Crippen LogP contribution in [0.2, 0.25) is 0 Å². The Labute approximate surface area is 118 Å². The first-order chi connectivity index (χ1) is 9.67. The zero-order chi connectivity index (χ0) is 14.1. The van der Waals surface area contributed by atoms with Crippen LogP contribution in [-0.4, -0.2) is 15.2 Å². The van der Waals surface area contributed by atoms with Crippen molar-refractivity contribution < 1.29 is 0 Å². The van der Waals surface area contributed by atoms with Gasteiger partial charge in [0.15, 0.2) is 0 Å². The first kappa shape index (κ1) is 12.7. The van der Waals surface area contributed by atoms with E-state index < -0.39 is 0 Å². The lowest BCUT2D eigenvalue weighted by atomic mass is 10.1. The summed E-state index contributed by atoms with van der Waals surface area (Å²) in [6.45, 7) is 4.45. The van der Waals surface area contributed by atoms with E-state index in [9.17, 15) is 0 Å². The highest BCUT2D eigenvalue weighted by atomic mass is 15.1. The molecular weight excluding hydrogens is 250 g/mol. The average Bonchev–Trinajstić information content (AvgIpc) is 3.16. The summed E-state index contributed by atoms with van der Waals surface area (Å²) in [6, 6.07) is 6.21. The van der Waals surface area contributed by atoms with E-state index in [0.29, 0.717) is 18.0 Å². The van der Waals surface area contributed by atoms with Gasteiger partial charge in [-0.2, -0.15) is 10.4 Å². The summed E-state index contributed by atoms with van der Waals surface area (Å²) in [5.41, 5.74) is 4.60. The third-order valence-corrected chi connectivity index (χ3v) is 3.62. The molecule has 0 amide bonds. The molecule has 5 nitrogen and oxygen atoms in total. The predicted octanol–water partition coefficient (Wildman–Crippen LogP) is 2.78. The van der Waals surface area contributed by atoms with Gasteiger partial charge in [-0.3, -0.25) is 5.10 Å². The third-order valence-electron chi connectivity index (χ3n) is 3.62. The fraction of sp³-hybridized carbons (Fsp3) is 0.400. The van der Waals surface area contributed by atoms with E-state index in [1.807, 2.05) is 19.9 Å². The first-order valence-corrected chi connectivity index (χ1v) is 6.84. The van der Waals surface area contributed by atoms with Crippen molar-refractivity contribution in [1.29, 1.82) is 5.26 Å². The SMILES string of the molecule is Cc1cc(NCc2cc(C3CC3)n[nH]2)nc(C)c1C#N. The number of aromatic nitrogens is 3. The molecule has 0 spiro atoms. The second-order valence-electron chi connectivity index (χ2n) is 5.34. The summed E-state index contributed by atoms with van der Waals surface area (Å²) < 4.78 is 0. The summed E-state index contributed by atoms with van der Waals surface area (Å²) in [7, 11) is 0. The number of aromatic amines is 1. The van der Waals surface area contributed by atoms with Gasteiger partial charge >= 0.3 is 0 Å². The van der Waals surface area contributed by atoms with Crippen molar-refractivity contribution >= 4 is 5.82 Å². The molecule has 0 unspecified atom stereocenters. The smallest absolute Gasteiger partial charge is 0.126 e. The summed E-state index contributed by atoms with van der Waals surface area (Å²) >= 11 is 0. The van der Waals surface area contributed by atoms with E-state index in [4.69, 9.17) is 5.26 Å². The van der Waals surface area contributed by atoms with Crippen LogP contribution in [0.4, 0.5) is 5.82 Å². The Balaban J connectivity index is 1.70. The number of nitrogens with zero attached hydrogens (tertiary/aromatic N) is 3. The molecule has 0 aliphatic heterocycles. The van der Waals surface area contributed by atoms with Gasteiger partial charge in [-0.05, 0) is 44.4 Å². The molecule has 2 heterocycles. The monoisotopic (exact) mass is 267 g/mol. The van der Waals surface area contributed by atoms with Gasteiger partial charge in [0.1, 0.15) is 11.9 Å². The normalized spacial score (nSPS) is 14.1. The van der Waals surface area contributed by atoms with Crippen LogP contribution in [0.1, 0.15) is 47.0 Å². The largest absolute Gasteiger partial charge is 0.364 e. The molecule has 1 saturated carbocycles. The summed E-state index contributed by atoms with van der Waals surface area (Å²) in [6.07, 6.45) is 2.51. The molecule has 0 bridgehead atoms. The fourth-order valence-corrected chi connectivity index (χ4v) is 2.34. The van der Waals surface area contributed by atoms with Gasteiger partial charge in [0.25, 0.3) is 0 Å². The Morgan fingerprint density at radius 2 is 2.20 bits per heavy atom. The maximum atomic E-state index is 9.04. The van der Waals surface area contributed by atoms with E-state index in [1.165, 1.54) is 18.5 Å². The van der Waals surface area contributed by atoms with Gasteiger partial charge in [-0.15, -0.1) is 0 Å². The van der Waals surface area contributed by atoms with E-state index in [-0.39, 0.29) is 0 Å². The maximum Gasteiger partial charge on any atom is 0.126 e. The van der Waals surface area contributed by atoms with Crippen LogP contribution in [-0.2, 0) is 6.54 Å². The summed E-state index contributed by atoms with van der Waals surface area (Å²) in [5, 5.41) is 19.7. The topological polar surface area (TPSA) is 77.4 Å². The Hall–Kier alpha value is -2.35. The van der Waals surface area contributed by atoms with Gasteiger partial charge in [0.2, 0.25) is 0 Å². The molecule has 2 aromatic heterocycles. The Morgan fingerprint density at radius 1 is 1.40 bits per heavy atom. The van der Waals surface area contributed by atoms with Crippen LogP contribution in [0, 0.1) is 25.2 Å². The maximum absolute atomic E-state index is 9.04. The number of rotatable bonds is 4. The number of pyridine rings is 1. The number of hydrogen-bond donors (Lipinski definition) is 2. The Morgan fingerprint density at radius 3 is 2.85 bits per heavy atom. The number of nitriles is 1. The van der Waals surface area contributed by atoms with Crippen LogP contribution in [0.5, 0.6) is 0 Å². The molecule has 3 rings (SSSR count). The number of hydrogen-bond acceptors (Lipinski definition) is 4. The lowest BCUT2D eigenvalue weighted by Crippen LogP contribution is -2.04. The van der Waals surface area contributed by atoms with Gasteiger partial charge in [-0.1, -0.05) is 0 Å². The van der Waals surface area contributed by atoms with Crippen LogP contribution >= 0.6 is 0 Å². The van der Waals surface area contributed by atoms with E-state index >= 15 is 0 Å². The average molecular weight is 267 g/mol. The van der Waals surface area contributed by atoms with E-state index in [1.54, 1.807) is 0 Å².